The number of hydrogen-bond acceptors (Lipinski definition) is 5. The third kappa shape index (κ3) is 5.45. The number of nitrogens with one attached hydrogen (secondary N) is 1. The summed E-state index contributed by atoms with van der Waals surface area (Å²) in [6.07, 6.45) is 0. The van der Waals surface area contributed by atoms with Crippen molar-refractivity contribution in [1.82, 2.24) is 15.1 Å². The lowest BCUT2D eigenvalue weighted by atomic mass is 10.2. The minimum Gasteiger partial charge on any atom is -0.496 e. The number of halogens is 1. The Labute approximate surface area is 163 Å². The minimum absolute atomic E-state index is 0.0504. The average molecular weight is 394 g/mol. The van der Waals surface area contributed by atoms with Crippen molar-refractivity contribution in [2.24, 2.45) is 0 Å². The van der Waals surface area contributed by atoms with Gasteiger partial charge in [0.2, 0.25) is 5.91 Å². The van der Waals surface area contributed by atoms with Crippen molar-refractivity contribution in [3.63, 3.8) is 0 Å². The van der Waals surface area contributed by atoms with Crippen LogP contribution in [0.1, 0.15) is 10.4 Å². The van der Waals surface area contributed by atoms with Crippen molar-refractivity contribution in [3.05, 3.63) is 51.2 Å². The molecule has 0 spiro atoms. The Hall–Kier alpha value is -1.60. The second-order valence-electron chi connectivity index (χ2n) is 6.35. The maximum Gasteiger partial charge on any atom is 0.234 e. The number of benzene rings is 1. The SMILES string of the molecule is COc1ccccc1CNC(=O)CN1CCN(Cc2ccc(Cl)s2)CC1. The molecule has 3 rings (SSSR count). The number of amides is 1. The van der Waals surface area contributed by atoms with Crippen LogP contribution in [-0.2, 0) is 17.9 Å². The molecule has 1 aromatic heterocycles. The Balaban J connectivity index is 1.39. The summed E-state index contributed by atoms with van der Waals surface area (Å²) >= 11 is 7.63. The van der Waals surface area contributed by atoms with Crippen LogP contribution in [0.15, 0.2) is 36.4 Å². The van der Waals surface area contributed by atoms with Gasteiger partial charge in [0.25, 0.3) is 0 Å². The van der Waals surface area contributed by atoms with Crippen LogP contribution in [0.2, 0.25) is 4.34 Å². The van der Waals surface area contributed by atoms with Crippen molar-refractivity contribution in [1.29, 1.82) is 0 Å². The molecule has 1 aromatic carbocycles. The van der Waals surface area contributed by atoms with Gasteiger partial charge in [-0.15, -0.1) is 11.3 Å². The first-order valence-corrected chi connectivity index (χ1v) is 9.91. The maximum atomic E-state index is 12.2. The molecule has 2 aromatic rings. The molecule has 1 amide bonds. The number of piperazine rings is 1. The van der Waals surface area contributed by atoms with E-state index in [1.807, 2.05) is 30.3 Å². The van der Waals surface area contributed by atoms with Crippen LogP contribution in [0.25, 0.3) is 0 Å². The van der Waals surface area contributed by atoms with Gasteiger partial charge in [0.1, 0.15) is 5.75 Å². The van der Waals surface area contributed by atoms with Crippen LogP contribution in [0.4, 0.5) is 0 Å². The quantitative estimate of drug-likeness (QED) is 0.785. The molecule has 0 saturated carbocycles. The van der Waals surface area contributed by atoms with Gasteiger partial charge in [0.05, 0.1) is 18.0 Å². The van der Waals surface area contributed by atoms with E-state index in [0.717, 1.165) is 48.4 Å². The van der Waals surface area contributed by atoms with Gasteiger partial charge in [0, 0.05) is 49.7 Å². The topological polar surface area (TPSA) is 44.8 Å². The van der Waals surface area contributed by atoms with Crippen LogP contribution < -0.4 is 10.1 Å². The number of methoxy groups -OCH3 is 1. The normalized spacial score (nSPS) is 15.8. The largest absolute Gasteiger partial charge is 0.496 e. The average Bonchev–Trinajstić information content (AvgIpc) is 3.06. The highest BCUT2D eigenvalue weighted by Gasteiger charge is 2.19. The Morgan fingerprint density at radius 2 is 1.88 bits per heavy atom. The molecule has 0 atom stereocenters. The second-order valence-corrected chi connectivity index (χ2v) is 8.15. The van der Waals surface area contributed by atoms with Gasteiger partial charge in [-0.05, 0) is 18.2 Å². The Kier molecular flexibility index (Phi) is 6.91. The third-order valence-electron chi connectivity index (χ3n) is 4.51. The van der Waals surface area contributed by atoms with E-state index < -0.39 is 0 Å². The first-order valence-electron chi connectivity index (χ1n) is 8.71. The summed E-state index contributed by atoms with van der Waals surface area (Å²) in [5, 5.41) is 2.99. The van der Waals surface area contributed by atoms with E-state index in [9.17, 15) is 4.79 Å². The summed E-state index contributed by atoms with van der Waals surface area (Å²) in [7, 11) is 1.64. The molecule has 7 heteroatoms. The minimum atomic E-state index is 0.0504. The summed E-state index contributed by atoms with van der Waals surface area (Å²) in [6, 6.07) is 11.8. The lowest BCUT2D eigenvalue weighted by Gasteiger charge is -2.34. The highest BCUT2D eigenvalue weighted by Crippen LogP contribution is 2.23. The molecule has 0 radical (unpaired) electrons. The fourth-order valence-corrected chi connectivity index (χ4v) is 4.19. The molecule has 1 aliphatic heterocycles. The summed E-state index contributed by atoms with van der Waals surface area (Å²) < 4.78 is 6.15. The number of rotatable bonds is 7. The van der Waals surface area contributed by atoms with Gasteiger partial charge in [-0.1, -0.05) is 29.8 Å². The molecule has 1 saturated heterocycles. The van der Waals surface area contributed by atoms with Crippen LogP contribution in [0.3, 0.4) is 0 Å². The van der Waals surface area contributed by atoms with E-state index in [-0.39, 0.29) is 5.91 Å². The zero-order valence-electron chi connectivity index (χ0n) is 14.9. The first-order chi connectivity index (χ1) is 12.6. The lowest BCUT2D eigenvalue weighted by Crippen LogP contribution is -2.48. The van der Waals surface area contributed by atoms with Gasteiger partial charge in [-0.3, -0.25) is 14.6 Å². The lowest BCUT2D eigenvalue weighted by molar-refractivity contribution is -0.122. The number of nitrogens with zero attached hydrogens (tertiary/aromatic N) is 2. The number of para-hydroxylation sites is 1. The van der Waals surface area contributed by atoms with E-state index in [1.54, 1.807) is 18.4 Å². The van der Waals surface area contributed by atoms with Crippen molar-refractivity contribution in [3.8, 4) is 5.75 Å². The van der Waals surface area contributed by atoms with Gasteiger partial charge in [-0.25, -0.2) is 0 Å². The van der Waals surface area contributed by atoms with E-state index in [1.165, 1.54) is 4.88 Å². The predicted molar refractivity (Wildman–Crippen MR) is 106 cm³/mol. The van der Waals surface area contributed by atoms with Crippen LogP contribution in [0, 0.1) is 0 Å². The molecule has 1 N–H and O–H groups in total. The second kappa shape index (κ2) is 9.37. The molecule has 0 bridgehead atoms. The van der Waals surface area contributed by atoms with Crippen molar-refractivity contribution >= 4 is 28.8 Å². The molecule has 1 fully saturated rings. The zero-order valence-corrected chi connectivity index (χ0v) is 16.5. The number of carbonyl (C=O) groups excluding carboxylic acids is 1. The number of thiophene rings is 1. The Morgan fingerprint density at radius 3 is 2.58 bits per heavy atom. The number of hydrogen-bond donors (Lipinski definition) is 1. The molecule has 5 nitrogen and oxygen atoms in total. The van der Waals surface area contributed by atoms with E-state index in [2.05, 4.69) is 21.2 Å². The van der Waals surface area contributed by atoms with Crippen molar-refractivity contribution < 1.29 is 9.53 Å². The monoisotopic (exact) mass is 393 g/mol. The van der Waals surface area contributed by atoms with Crippen LogP contribution >= 0.6 is 22.9 Å². The molecular weight excluding hydrogens is 370 g/mol. The molecule has 1 aliphatic rings. The van der Waals surface area contributed by atoms with Gasteiger partial charge >= 0.3 is 0 Å². The highest BCUT2D eigenvalue weighted by atomic mass is 35.5. The summed E-state index contributed by atoms with van der Waals surface area (Å²) in [6.45, 7) is 5.61. The van der Waals surface area contributed by atoms with Gasteiger partial charge in [-0.2, -0.15) is 0 Å². The van der Waals surface area contributed by atoms with Gasteiger partial charge in [0.15, 0.2) is 0 Å². The summed E-state index contributed by atoms with van der Waals surface area (Å²) in [5.74, 6) is 0.851. The van der Waals surface area contributed by atoms with Crippen molar-refractivity contribution in [2.75, 3.05) is 39.8 Å². The third-order valence-corrected chi connectivity index (χ3v) is 5.72. The highest BCUT2D eigenvalue weighted by molar-refractivity contribution is 7.16. The molecular formula is C19H24ClN3O2S. The number of ether oxygens (including phenoxy) is 1. The molecule has 26 heavy (non-hydrogen) atoms. The fourth-order valence-electron chi connectivity index (χ4n) is 3.06. The predicted octanol–water partition coefficient (Wildman–Crippen LogP) is 2.84. The van der Waals surface area contributed by atoms with Crippen LogP contribution in [0.5, 0.6) is 5.75 Å². The van der Waals surface area contributed by atoms with Gasteiger partial charge < -0.3 is 10.1 Å². The molecule has 0 aliphatic carbocycles. The molecule has 140 valence electrons. The molecule has 0 unspecified atom stereocenters. The van der Waals surface area contributed by atoms with Crippen LogP contribution in [-0.4, -0.2) is 55.5 Å². The first kappa shape index (κ1) is 19.2. The Bertz CT molecular complexity index is 729. The molecule has 2 heterocycles. The van der Waals surface area contributed by atoms with E-state index in [0.29, 0.717) is 13.1 Å². The standard InChI is InChI=1S/C19H24ClN3O2S/c1-25-17-5-3-2-4-15(17)12-21-19(24)14-23-10-8-22(9-11-23)13-16-6-7-18(20)26-16/h2-7H,8-14H2,1H3,(H,21,24). The zero-order chi connectivity index (χ0) is 18.4. The fraction of sp³-hybridized carbons (Fsp3) is 0.421. The van der Waals surface area contributed by atoms with Crippen molar-refractivity contribution in [2.45, 2.75) is 13.1 Å². The van der Waals surface area contributed by atoms with E-state index >= 15 is 0 Å². The maximum absolute atomic E-state index is 12.2. The summed E-state index contributed by atoms with van der Waals surface area (Å²) in [5.41, 5.74) is 0.989. The van der Waals surface area contributed by atoms with E-state index in [4.69, 9.17) is 16.3 Å². The Morgan fingerprint density at radius 1 is 1.15 bits per heavy atom. The number of carbonyl (C=O) groups is 1. The smallest absolute Gasteiger partial charge is 0.234 e. The summed E-state index contributed by atoms with van der Waals surface area (Å²) in [4.78, 5) is 18.1.